The molecule has 6 aromatic carbocycles. The smallest absolute Gasteiger partial charge is 0.132 e. The highest BCUT2D eigenvalue weighted by Gasteiger charge is 2.32. The molecule has 1 heterocycles. The van der Waals surface area contributed by atoms with E-state index in [1.54, 1.807) is 0 Å². The van der Waals surface area contributed by atoms with Crippen molar-refractivity contribution in [2.75, 3.05) is 0 Å². The number of fused-ring (bicyclic) bond motifs is 3. The molecule has 0 saturated carbocycles. The average molecular weight is 609 g/mol. The Hall–Kier alpha value is -4.22. The molecule has 2 atom stereocenters. The Morgan fingerprint density at radius 3 is 0.955 bits per heavy atom. The molecular formula is C40H34O2P2. The number of hydrogen-bond acceptors (Lipinski definition) is 2. The van der Waals surface area contributed by atoms with Crippen LogP contribution in [0.1, 0.15) is 13.8 Å². The van der Waals surface area contributed by atoms with Crippen molar-refractivity contribution in [3.05, 3.63) is 158 Å². The summed E-state index contributed by atoms with van der Waals surface area (Å²) < 4.78 is 13.6. The lowest BCUT2D eigenvalue weighted by Crippen LogP contribution is -2.35. The maximum absolute atomic E-state index is 6.81. The molecule has 0 bridgehead atoms. The molecule has 6 aromatic rings. The van der Waals surface area contributed by atoms with Crippen molar-refractivity contribution >= 4 is 47.7 Å². The Bertz CT molecular complexity index is 1630. The van der Waals surface area contributed by atoms with Crippen molar-refractivity contribution < 1.29 is 9.47 Å². The van der Waals surface area contributed by atoms with Crippen LogP contribution in [0.5, 0.6) is 11.5 Å². The molecule has 4 heteroatoms. The van der Waals surface area contributed by atoms with Gasteiger partial charge in [0.1, 0.15) is 23.7 Å². The fourth-order valence-electron chi connectivity index (χ4n) is 5.87. The zero-order valence-electron chi connectivity index (χ0n) is 24.9. The first-order valence-electron chi connectivity index (χ1n) is 15.1. The minimum atomic E-state index is -0.899. The van der Waals surface area contributed by atoms with Crippen LogP contribution in [-0.4, -0.2) is 12.2 Å². The number of hydrogen-bond donors (Lipinski definition) is 0. The molecule has 0 aromatic heterocycles. The van der Waals surface area contributed by atoms with Gasteiger partial charge in [-0.25, -0.2) is 0 Å². The largest absolute Gasteiger partial charge is 0.486 e. The summed E-state index contributed by atoms with van der Waals surface area (Å²) in [4.78, 5) is 0. The van der Waals surface area contributed by atoms with Crippen molar-refractivity contribution in [2.45, 2.75) is 26.1 Å². The summed E-state index contributed by atoms with van der Waals surface area (Å²) in [5, 5.41) is 7.76. The molecule has 0 unspecified atom stereocenters. The molecule has 216 valence electrons. The minimum absolute atomic E-state index is 0.120. The topological polar surface area (TPSA) is 18.5 Å². The summed E-state index contributed by atoms with van der Waals surface area (Å²) >= 11 is 0. The van der Waals surface area contributed by atoms with Crippen LogP contribution in [0.2, 0.25) is 0 Å². The second-order valence-electron chi connectivity index (χ2n) is 11.0. The lowest BCUT2D eigenvalue weighted by molar-refractivity contribution is 0.0763. The first-order chi connectivity index (χ1) is 21.7. The first kappa shape index (κ1) is 28.5. The molecule has 0 radical (unpaired) electrons. The van der Waals surface area contributed by atoms with Crippen molar-refractivity contribution in [3.8, 4) is 22.6 Å². The lowest BCUT2D eigenvalue weighted by atomic mass is 10.0. The van der Waals surface area contributed by atoms with E-state index in [1.807, 2.05) is 0 Å². The Morgan fingerprint density at radius 2 is 0.659 bits per heavy atom. The molecule has 0 fully saturated rings. The highest BCUT2D eigenvalue weighted by molar-refractivity contribution is 7.80. The molecule has 7 rings (SSSR count). The van der Waals surface area contributed by atoms with E-state index in [-0.39, 0.29) is 12.2 Å². The van der Waals surface area contributed by atoms with Gasteiger partial charge in [-0.05, 0) is 73.7 Å². The van der Waals surface area contributed by atoms with Gasteiger partial charge in [0, 0.05) is 11.1 Å². The van der Waals surface area contributed by atoms with Gasteiger partial charge in [0.25, 0.3) is 0 Å². The minimum Gasteiger partial charge on any atom is -0.486 e. The predicted octanol–water partition coefficient (Wildman–Crippen LogP) is 7.42. The molecule has 0 saturated heterocycles. The Balaban J connectivity index is 1.56. The molecule has 2 nitrogen and oxygen atoms in total. The van der Waals surface area contributed by atoms with Gasteiger partial charge < -0.3 is 9.47 Å². The summed E-state index contributed by atoms with van der Waals surface area (Å²) in [6, 6.07) is 56.8. The van der Waals surface area contributed by atoms with Crippen molar-refractivity contribution in [2.24, 2.45) is 0 Å². The summed E-state index contributed by atoms with van der Waals surface area (Å²) in [7, 11) is -1.80. The van der Waals surface area contributed by atoms with Gasteiger partial charge in [-0.1, -0.05) is 146 Å². The van der Waals surface area contributed by atoms with Gasteiger partial charge in [0.15, 0.2) is 0 Å². The number of benzene rings is 6. The summed E-state index contributed by atoms with van der Waals surface area (Å²) in [5.74, 6) is 1.82. The van der Waals surface area contributed by atoms with E-state index in [0.717, 1.165) is 22.6 Å². The van der Waals surface area contributed by atoms with Crippen LogP contribution < -0.4 is 41.3 Å². The van der Waals surface area contributed by atoms with Crippen molar-refractivity contribution in [1.82, 2.24) is 0 Å². The third-order valence-corrected chi connectivity index (χ3v) is 13.1. The van der Waals surface area contributed by atoms with Crippen LogP contribution in [-0.2, 0) is 0 Å². The van der Waals surface area contributed by atoms with E-state index in [4.69, 9.17) is 9.47 Å². The fraction of sp³-hybridized carbons (Fsp3) is 0.100. The van der Waals surface area contributed by atoms with Crippen LogP contribution >= 0.6 is 15.8 Å². The average Bonchev–Trinajstić information content (AvgIpc) is 3.07. The highest BCUT2D eigenvalue weighted by atomic mass is 31.1. The van der Waals surface area contributed by atoms with Crippen LogP contribution in [0.15, 0.2) is 158 Å². The van der Waals surface area contributed by atoms with E-state index in [1.165, 1.54) is 31.8 Å². The van der Waals surface area contributed by atoms with E-state index >= 15 is 0 Å². The number of rotatable bonds is 6. The van der Waals surface area contributed by atoms with Gasteiger partial charge in [0.05, 0.1) is 0 Å². The van der Waals surface area contributed by atoms with Crippen molar-refractivity contribution in [1.29, 1.82) is 0 Å². The Kier molecular flexibility index (Phi) is 8.30. The lowest BCUT2D eigenvalue weighted by Gasteiger charge is -2.33. The van der Waals surface area contributed by atoms with Gasteiger partial charge in [0.2, 0.25) is 0 Å². The van der Waals surface area contributed by atoms with Crippen LogP contribution in [0.4, 0.5) is 0 Å². The van der Waals surface area contributed by atoms with Gasteiger partial charge >= 0.3 is 0 Å². The Morgan fingerprint density at radius 1 is 0.364 bits per heavy atom. The first-order valence-corrected chi connectivity index (χ1v) is 17.8. The molecule has 0 N–H and O–H groups in total. The number of ether oxygens (including phenoxy) is 2. The van der Waals surface area contributed by atoms with E-state index in [0.29, 0.717) is 0 Å². The highest BCUT2D eigenvalue weighted by Crippen LogP contribution is 2.48. The second-order valence-corrected chi connectivity index (χ2v) is 15.3. The van der Waals surface area contributed by atoms with Crippen LogP contribution in [0, 0.1) is 0 Å². The molecular weight excluding hydrogens is 574 g/mol. The summed E-state index contributed by atoms with van der Waals surface area (Å²) in [6.45, 7) is 4.21. The van der Waals surface area contributed by atoms with E-state index in [2.05, 4.69) is 172 Å². The zero-order valence-corrected chi connectivity index (χ0v) is 26.7. The van der Waals surface area contributed by atoms with Crippen LogP contribution in [0.25, 0.3) is 11.1 Å². The molecule has 0 amide bonds. The fourth-order valence-corrected chi connectivity index (χ4v) is 10.8. The van der Waals surface area contributed by atoms with Crippen LogP contribution in [0.3, 0.4) is 0 Å². The quantitative estimate of drug-likeness (QED) is 0.183. The molecule has 0 aliphatic carbocycles. The molecule has 0 spiro atoms. The summed E-state index contributed by atoms with van der Waals surface area (Å²) in [5.41, 5.74) is 2.27. The van der Waals surface area contributed by atoms with Gasteiger partial charge in [-0.15, -0.1) is 0 Å². The Labute approximate surface area is 262 Å². The van der Waals surface area contributed by atoms with Crippen molar-refractivity contribution in [3.63, 3.8) is 0 Å². The maximum atomic E-state index is 6.81. The third kappa shape index (κ3) is 5.57. The van der Waals surface area contributed by atoms with E-state index in [9.17, 15) is 0 Å². The normalized spacial score (nSPS) is 15.8. The maximum Gasteiger partial charge on any atom is 0.132 e. The standard InChI is InChI=1S/C40H34O2P2/c1-29-30(2)42-36-26-16-28-38(44(33-21-11-5-12-22-33)34-23-13-6-14-24-34)40(36)39-35(41-29)25-15-27-37(39)43(31-17-7-3-8-18-31)32-19-9-4-10-20-32/h3-30H,1-2H3/t29-,30-/m0/s1. The molecule has 44 heavy (non-hydrogen) atoms. The third-order valence-electron chi connectivity index (χ3n) is 8.08. The van der Waals surface area contributed by atoms with Gasteiger partial charge in [-0.3, -0.25) is 0 Å². The molecule has 1 aliphatic rings. The van der Waals surface area contributed by atoms with E-state index < -0.39 is 15.8 Å². The summed E-state index contributed by atoms with van der Waals surface area (Å²) in [6.07, 6.45) is -0.240. The predicted molar refractivity (Wildman–Crippen MR) is 189 cm³/mol. The monoisotopic (exact) mass is 608 g/mol. The zero-order chi connectivity index (χ0) is 29.9. The second kappa shape index (κ2) is 12.8. The SMILES string of the molecule is C[C@@H]1Oc2cccc(P(c3ccccc3)c3ccccc3)c2-c2c(cccc2P(c2ccccc2)c2ccccc2)O[C@H]1C. The van der Waals surface area contributed by atoms with Gasteiger partial charge in [-0.2, -0.15) is 0 Å². The molecule has 1 aliphatic heterocycles.